The molecule has 2 aromatic carbocycles. The van der Waals surface area contributed by atoms with Crippen LogP contribution in [0.2, 0.25) is 0 Å². The zero-order valence-electron chi connectivity index (χ0n) is 20.4. The van der Waals surface area contributed by atoms with Crippen LogP contribution >= 0.6 is 12.2 Å². The lowest BCUT2D eigenvalue weighted by Gasteiger charge is -2.32. The third kappa shape index (κ3) is 6.09. The van der Waals surface area contributed by atoms with E-state index in [1.807, 2.05) is 0 Å². The van der Waals surface area contributed by atoms with E-state index in [4.69, 9.17) is 22.2 Å². The second kappa shape index (κ2) is 11.0. The SMILES string of the molecule is C[C@H]1CCCN(c2cc(N3Cc4ccccc4C3)nc(NC(=S)NCCCc3ccccc3)n2)C1. The van der Waals surface area contributed by atoms with Crippen molar-refractivity contribution < 1.29 is 0 Å². The molecule has 2 aliphatic rings. The largest absolute Gasteiger partial charge is 0.362 e. The molecule has 35 heavy (non-hydrogen) atoms. The number of aryl methyl sites for hydroxylation is 1. The Hall–Kier alpha value is -3.19. The van der Waals surface area contributed by atoms with Gasteiger partial charge in [0.15, 0.2) is 5.11 Å². The molecule has 2 aliphatic heterocycles. The molecule has 0 amide bonds. The van der Waals surface area contributed by atoms with Gasteiger partial charge in [-0.2, -0.15) is 9.97 Å². The van der Waals surface area contributed by atoms with E-state index in [0.29, 0.717) is 17.0 Å². The van der Waals surface area contributed by atoms with Gasteiger partial charge in [-0.1, -0.05) is 61.5 Å². The summed E-state index contributed by atoms with van der Waals surface area (Å²) in [5.41, 5.74) is 4.07. The highest BCUT2D eigenvalue weighted by Crippen LogP contribution is 2.31. The molecular formula is C28H34N6S. The zero-order valence-corrected chi connectivity index (χ0v) is 21.2. The van der Waals surface area contributed by atoms with Crippen LogP contribution in [0.5, 0.6) is 0 Å². The number of nitrogens with zero attached hydrogens (tertiary/aromatic N) is 4. The van der Waals surface area contributed by atoms with E-state index >= 15 is 0 Å². The summed E-state index contributed by atoms with van der Waals surface area (Å²) in [6.45, 7) is 6.91. The van der Waals surface area contributed by atoms with E-state index in [0.717, 1.165) is 57.2 Å². The third-order valence-corrected chi connectivity index (χ3v) is 7.09. The van der Waals surface area contributed by atoms with Gasteiger partial charge >= 0.3 is 0 Å². The molecule has 0 aliphatic carbocycles. The second-order valence-corrected chi connectivity index (χ2v) is 10.1. The van der Waals surface area contributed by atoms with Crippen molar-refractivity contribution in [2.45, 2.75) is 45.7 Å². The molecule has 1 atom stereocenters. The summed E-state index contributed by atoms with van der Waals surface area (Å²) in [5, 5.41) is 7.15. The minimum atomic E-state index is 0.562. The number of benzene rings is 2. The van der Waals surface area contributed by atoms with Gasteiger partial charge in [-0.3, -0.25) is 0 Å². The molecule has 1 fully saturated rings. The lowest BCUT2D eigenvalue weighted by Crippen LogP contribution is -2.35. The molecule has 7 heteroatoms. The number of thiocarbonyl (C=S) groups is 1. The average Bonchev–Trinajstić information content (AvgIpc) is 3.32. The summed E-state index contributed by atoms with van der Waals surface area (Å²) in [6, 6.07) is 21.3. The molecule has 1 aromatic heterocycles. The van der Waals surface area contributed by atoms with Gasteiger partial charge in [0.05, 0.1) is 0 Å². The number of fused-ring (bicyclic) bond motifs is 1. The highest BCUT2D eigenvalue weighted by atomic mass is 32.1. The van der Waals surface area contributed by atoms with Crippen molar-refractivity contribution in [3.63, 3.8) is 0 Å². The smallest absolute Gasteiger partial charge is 0.232 e. The fourth-order valence-electron chi connectivity index (χ4n) is 4.98. The highest BCUT2D eigenvalue weighted by Gasteiger charge is 2.24. The van der Waals surface area contributed by atoms with E-state index < -0.39 is 0 Å². The van der Waals surface area contributed by atoms with Crippen molar-refractivity contribution in [3.05, 3.63) is 77.4 Å². The predicted molar refractivity (Wildman–Crippen MR) is 148 cm³/mol. The zero-order chi connectivity index (χ0) is 24.0. The minimum Gasteiger partial charge on any atom is -0.362 e. The molecule has 0 spiro atoms. The number of anilines is 3. The van der Waals surface area contributed by atoms with Crippen LogP contribution in [-0.2, 0) is 19.5 Å². The van der Waals surface area contributed by atoms with Gasteiger partial charge in [-0.25, -0.2) is 0 Å². The van der Waals surface area contributed by atoms with Crippen LogP contribution < -0.4 is 20.4 Å². The van der Waals surface area contributed by atoms with Gasteiger partial charge in [0.1, 0.15) is 11.6 Å². The van der Waals surface area contributed by atoms with Gasteiger partial charge in [0.25, 0.3) is 0 Å². The van der Waals surface area contributed by atoms with Crippen molar-refractivity contribution in [3.8, 4) is 0 Å². The van der Waals surface area contributed by atoms with Gasteiger partial charge in [-0.15, -0.1) is 0 Å². The van der Waals surface area contributed by atoms with E-state index in [-0.39, 0.29) is 0 Å². The maximum atomic E-state index is 5.59. The van der Waals surface area contributed by atoms with Crippen LogP contribution in [0.4, 0.5) is 17.6 Å². The Morgan fingerprint density at radius 1 is 0.971 bits per heavy atom. The first-order chi connectivity index (χ1) is 17.1. The molecule has 2 N–H and O–H groups in total. The minimum absolute atomic E-state index is 0.562. The monoisotopic (exact) mass is 486 g/mol. The number of piperidine rings is 1. The van der Waals surface area contributed by atoms with E-state index in [2.05, 4.69) is 88.0 Å². The highest BCUT2D eigenvalue weighted by molar-refractivity contribution is 7.80. The molecule has 182 valence electrons. The van der Waals surface area contributed by atoms with Crippen LogP contribution in [-0.4, -0.2) is 34.7 Å². The summed E-state index contributed by atoms with van der Waals surface area (Å²) in [7, 11) is 0. The fourth-order valence-corrected chi connectivity index (χ4v) is 5.17. The number of aromatic nitrogens is 2. The van der Waals surface area contributed by atoms with E-state index in [1.54, 1.807) is 0 Å². The topological polar surface area (TPSA) is 56.3 Å². The first-order valence-electron chi connectivity index (χ1n) is 12.7. The Balaban J connectivity index is 1.27. The van der Waals surface area contributed by atoms with Crippen molar-refractivity contribution in [2.24, 2.45) is 5.92 Å². The summed E-state index contributed by atoms with van der Waals surface area (Å²) >= 11 is 5.59. The molecular weight excluding hydrogens is 452 g/mol. The molecule has 3 heterocycles. The van der Waals surface area contributed by atoms with Crippen molar-refractivity contribution >= 4 is 34.9 Å². The van der Waals surface area contributed by atoms with Crippen LogP contribution in [0.1, 0.15) is 42.9 Å². The number of nitrogens with one attached hydrogen (secondary N) is 2. The lowest BCUT2D eigenvalue weighted by atomic mass is 10.0. The Kier molecular flexibility index (Phi) is 7.42. The fraction of sp³-hybridized carbons (Fsp3) is 0.393. The van der Waals surface area contributed by atoms with E-state index in [9.17, 15) is 0 Å². The standard InChI is InChI=1S/C28H34N6S/c1-21-9-8-16-33(18-21)25-17-26(34-19-23-13-5-6-14-24(23)20-34)31-27(30-25)32-28(35)29-15-7-12-22-10-3-2-4-11-22/h2-6,10-11,13-14,17,21H,7-9,12,15-16,18-20H2,1H3,(H2,29,30,31,32,35)/t21-/m0/s1. The van der Waals surface area contributed by atoms with Gasteiger partial charge < -0.3 is 20.4 Å². The van der Waals surface area contributed by atoms with Crippen molar-refractivity contribution in [2.75, 3.05) is 34.8 Å². The van der Waals surface area contributed by atoms with Gasteiger partial charge in [0, 0.05) is 38.8 Å². The maximum absolute atomic E-state index is 5.59. The summed E-state index contributed by atoms with van der Waals surface area (Å²) < 4.78 is 0. The van der Waals surface area contributed by atoms with E-state index in [1.165, 1.54) is 29.5 Å². The summed E-state index contributed by atoms with van der Waals surface area (Å²) in [6.07, 6.45) is 4.50. The van der Waals surface area contributed by atoms with Crippen LogP contribution in [0, 0.1) is 5.92 Å². The van der Waals surface area contributed by atoms with Crippen molar-refractivity contribution in [1.82, 2.24) is 15.3 Å². The molecule has 3 aromatic rings. The number of rotatable bonds is 7. The van der Waals surface area contributed by atoms with Crippen LogP contribution in [0.25, 0.3) is 0 Å². The normalized spacial score (nSPS) is 17.2. The Labute approximate surface area is 213 Å². The molecule has 0 unspecified atom stereocenters. The maximum Gasteiger partial charge on any atom is 0.232 e. The predicted octanol–water partition coefficient (Wildman–Crippen LogP) is 5.15. The molecule has 0 bridgehead atoms. The quantitative estimate of drug-likeness (QED) is 0.354. The molecule has 5 rings (SSSR count). The van der Waals surface area contributed by atoms with Gasteiger partial charge in [-0.05, 0) is 60.5 Å². The van der Waals surface area contributed by atoms with Gasteiger partial charge in [0.2, 0.25) is 5.95 Å². The van der Waals surface area contributed by atoms with Crippen LogP contribution in [0.3, 0.4) is 0 Å². The Bertz CT molecular complexity index is 1130. The number of hydrogen-bond acceptors (Lipinski definition) is 5. The first kappa shape index (κ1) is 23.5. The Morgan fingerprint density at radius 2 is 1.66 bits per heavy atom. The number of hydrogen-bond donors (Lipinski definition) is 2. The molecule has 0 saturated carbocycles. The first-order valence-corrected chi connectivity index (χ1v) is 13.1. The molecule has 0 radical (unpaired) electrons. The second-order valence-electron chi connectivity index (χ2n) is 9.70. The molecule has 6 nitrogen and oxygen atoms in total. The lowest BCUT2D eigenvalue weighted by molar-refractivity contribution is 0.444. The summed E-state index contributed by atoms with van der Waals surface area (Å²) in [5.74, 6) is 3.15. The average molecular weight is 487 g/mol. The summed E-state index contributed by atoms with van der Waals surface area (Å²) in [4.78, 5) is 14.5. The van der Waals surface area contributed by atoms with Crippen molar-refractivity contribution in [1.29, 1.82) is 0 Å². The van der Waals surface area contributed by atoms with Crippen LogP contribution in [0.15, 0.2) is 60.7 Å². The Morgan fingerprint density at radius 3 is 2.37 bits per heavy atom. The third-order valence-electron chi connectivity index (χ3n) is 6.84. The molecule has 1 saturated heterocycles.